The van der Waals surface area contributed by atoms with E-state index in [9.17, 15) is 14.4 Å². The number of carbonyl (C=O) groups excluding carboxylic acids is 3. The number of unbranched alkanes of at least 4 members (excludes halogenated alkanes) is 1. The molecule has 0 bridgehead atoms. The summed E-state index contributed by atoms with van der Waals surface area (Å²) in [5.41, 5.74) is 0.929. The van der Waals surface area contributed by atoms with Gasteiger partial charge in [-0.1, -0.05) is 38.3 Å². The number of amides is 3. The molecule has 1 fully saturated rings. The maximum Gasteiger partial charge on any atom is 0.261 e. The monoisotopic (exact) mass is 356 g/mol. The Balaban J connectivity index is 1.45. The van der Waals surface area contributed by atoms with Crippen molar-refractivity contribution in [3.63, 3.8) is 0 Å². The molecule has 5 heteroatoms. The lowest BCUT2D eigenvalue weighted by Gasteiger charge is -2.21. The van der Waals surface area contributed by atoms with Crippen LogP contribution >= 0.6 is 0 Å². The topological polar surface area (TPSA) is 66.5 Å². The predicted molar refractivity (Wildman–Crippen MR) is 99.8 cm³/mol. The third-order valence-electron chi connectivity index (χ3n) is 5.60. The standard InChI is InChI=1S/C21H28N2O3/c1-2-3-8-15-9-6-12-18(15)22-19(24)13-7-14-23-20(25)16-10-4-5-11-17(16)21(23)26/h4-5,10-11,15,18H,2-3,6-9,12-14H2,1H3,(H,22,24). The molecule has 1 aromatic rings. The number of nitrogens with zero attached hydrogens (tertiary/aromatic N) is 1. The summed E-state index contributed by atoms with van der Waals surface area (Å²) in [4.78, 5) is 38.2. The van der Waals surface area contributed by atoms with Crippen molar-refractivity contribution in [2.75, 3.05) is 6.54 Å². The van der Waals surface area contributed by atoms with Crippen LogP contribution in [0.1, 0.15) is 79.0 Å². The highest BCUT2D eigenvalue weighted by Crippen LogP contribution is 2.30. The van der Waals surface area contributed by atoms with Gasteiger partial charge in [0.15, 0.2) is 0 Å². The van der Waals surface area contributed by atoms with Crippen LogP contribution in [0.3, 0.4) is 0 Å². The normalized spacial score (nSPS) is 22.0. The summed E-state index contributed by atoms with van der Waals surface area (Å²) in [6.07, 6.45) is 7.92. The summed E-state index contributed by atoms with van der Waals surface area (Å²) in [5.74, 6) is 0.146. The molecule has 0 aromatic heterocycles. The second-order valence-electron chi connectivity index (χ2n) is 7.42. The first-order valence-corrected chi connectivity index (χ1v) is 9.86. The minimum Gasteiger partial charge on any atom is -0.353 e. The van der Waals surface area contributed by atoms with E-state index in [2.05, 4.69) is 12.2 Å². The molecule has 2 aliphatic rings. The molecule has 1 saturated carbocycles. The van der Waals surface area contributed by atoms with E-state index in [1.54, 1.807) is 24.3 Å². The van der Waals surface area contributed by atoms with E-state index in [1.165, 1.54) is 37.0 Å². The van der Waals surface area contributed by atoms with E-state index in [0.29, 0.717) is 42.5 Å². The average molecular weight is 356 g/mol. The number of carbonyl (C=O) groups is 3. The number of hydrogen-bond acceptors (Lipinski definition) is 3. The molecule has 1 aromatic carbocycles. The van der Waals surface area contributed by atoms with Gasteiger partial charge in [-0.2, -0.15) is 0 Å². The van der Waals surface area contributed by atoms with Gasteiger partial charge in [0.2, 0.25) is 5.91 Å². The Bertz CT molecular complexity index is 651. The molecule has 3 amide bonds. The molecule has 1 aliphatic heterocycles. The highest BCUT2D eigenvalue weighted by atomic mass is 16.2. The minimum absolute atomic E-state index is 0.0370. The highest BCUT2D eigenvalue weighted by molar-refractivity contribution is 6.21. The summed E-state index contributed by atoms with van der Waals surface area (Å²) in [6, 6.07) is 7.18. The van der Waals surface area contributed by atoms with Crippen LogP contribution in [-0.2, 0) is 4.79 Å². The quantitative estimate of drug-likeness (QED) is 0.725. The van der Waals surface area contributed by atoms with Gasteiger partial charge in [0, 0.05) is 19.0 Å². The first kappa shape index (κ1) is 18.6. The summed E-state index contributed by atoms with van der Waals surface area (Å²) < 4.78 is 0. The average Bonchev–Trinajstić information content (AvgIpc) is 3.18. The third-order valence-corrected chi connectivity index (χ3v) is 5.60. The Morgan fingerprint density at radius 1 is 1.12 bits per heavy atom. The number of benzene rings is 1. The largest absolute Gasteiger partial charge is 0.353 e. The number of imide groups is 1. The molecule has 2 atom stereocenters. The summed E-state index contributed by atoms with van der Waals surface area (Å²) in [7, 11) is 0. The second-order valence-corrected chi connectivity index (χ2v) is 7.42. The molecule has 0 spiro atoms. The molecule has 5 nitrogen and oxygen atoms in total. The van der Waals surface area contributed by atoms with Crippen LogP contribution in [0.5, 0.6) is 0 Å². The molecule has 140 valence electrons. The van der Waals surface area contributed by atoms with E-state index in [4.69, 9.17) is 0 Å². The van der Waals surface area contributed by atoms with Gasteiger partial charge in [0.1, 0.15) is 0 Å². The molecule has 0 radical (unpaired) electrons. The van der Waals surface area contributed by atoms with Gasteiger partial charge >= 0.3 is 0 Å². The van der Waals surface area contributed by atoms with Crippen molar-refractivity contribution in [1.82, 2.24) is 10.2 Å². The maximum absolute atomic E-state index is 12.3. The van der Waals surface area contributed by atoms with Crippen LogP contribution in [0.25, 0.3) is 0 Å². The molecule has 1 aliphatic carbocycles. The Morgan fingerprint density at radius 2 is 1.81 bits per heavy atom. The number of hydrogen-bond donors (Lipinski definition) is 1. The molecule has 26 heavy (non-hydrogen) atoms. The van der Waals surface area contributed by atoms with Crippen molar-refractivity contribution in [2.24, 2.45) is 5.92 Å². The van der Waals surface area contributed by atoms with Gasteiger partial charge in [-0.3, -0.25) is 19.3 Å². The zero-order valence-electron chi connectivity index (χ0n) is 15.5. The SMILES string of the molecule is CCCCC1CCCC1NC(=O)CCCN1C(=O)c2ccccc2C1=O. The zero-order valence-corrected chi connectivity index (χ0v) is 15.5. The first-order valence-electron chi connectivity index (χ1n) is 9.86. The minimum atomic E-state index is -0.249. The van der Waals surface area contributed by atoms with E-state index in [0.717, 1.165) is 6.42 Å². The Hall–Kier alpha value is -2.17. The van der Waals surface area contributed by atoms with Crippen LogP contribution < -0.4 is 5.32 Å². The molecule has 1 heterocycles. The van der Waals surface area contributed by atoms with Gasteiger partial charge in [-0.05, 0) is 43.7 Å². The zero-order chi connectivity index (χ0) is 18.5. The molecule has 2 unspecified atom stereocenters. The fourth-order valence-electron chi connectivity index (χ4n) is 4.16. The van der Waals surface area contributed by atoms with Gasteiger partial charge in [-0.15, -0.1) is 0 Å². The number of fused-ring (bicyclic) bond motifs is 1. The fraction of sp³-hybridized carbons (Fsp3) is 0.571. The van der Waals surface area contributed by atoms with E-state index < -0.39 is 0 Å². The van der Waals surface area contributed by atoms with Crippen LogP contribution in [0, 0.1) is 5.92 Å². The van der Waals surface area contributed by atoms with Crippen molar-refractivity contribution < 1.29 is 14.4 Å². The first-order chi connectivity index (χ1) is 12.6. The lowest BCUT2D eigenvalue weighted by Crippen LogP contribution is -2.38. The van der Waals surface area contributed by atoms with Crippen LogP contribution in [0.2, 0.25) is 0 Å². The van der Waals surface area contributed by atoms with E-state index >= 15 is 0 Å². The predicted octanol–water partition coefficient (Wildman–Crippen LogP) is 3.54. The van der Waals surface area contributed by atoms with E-state index in [1.807, 2.05) is 0 Å². The molecular weight excluding hydrogens is 328 g/mol. The molecular formula is C21H28N2O3. The molecule has 0 saturated heterocycles. The van der Waals surface area contributed by atoms with Gasteiger partial charge in [-0.25, -0.2) is 0 Å². The van der Waals surface area contributed by atoms with Crippen LogP contribution in [0.15, 0.2) is 24.3 Å². The lowest BCUT2D eigenvalue weighted by atomic mass is 9.96. The van der Waals surface area contributed by atoms with Crippen molar-refractivity contribution in [3.8, 4) is 0 Å². The van der Waals surface area contributed by atoms with Crippen molar-refractivity contribution >= 4 is 17.7 Å². The number of rotatable bonds is 8. The summed E-state index contributed by atoms with van der Waals surface area (Å²) in [5, 5.41) is 3.18. The molecule has 3 rings (SSSR count). The highest BCUT2D eigenvalue weighted by Gasteiger charge is 2.34. The third kappa shape index (κ3) is 3.97. The van der Waals surface area contributed by atoms with Crippen LogP contribution in [-0.4, -0.2) is 35.2 Å². The van der Waals surface area contributed by atoms with Crippen LogP contribution in [0.4, 0.5) is 0 Å². The second kappa shape index (κ2) is 8.47. The van der Waals surface area contributed by atoms with Gasteiger partial charge in [0.25, 0.3) is 11.8 Å². The van der Waals surface area contributed by atoms with Crippen molar-refractivity contribution in [2.45, 2.75) is 64.3 Å². The summed E-state index contributed by atoms with van der Waals surface area (Å²) in [6.45, 7) is 2.49. The van der Waals surface area contributed by atoms with Gasteiger partial charge in [0.05, 0.1) is 11.1 Å². The summed E-state index contributed by atoms with van der Waals surface area (Å²) >= 11 is 0. The lowest BCUT2D eigenvalue weighted by molar-refractivity contribution is -0.122. The van der Waals surface area contributed by atoms with Gasteiger partial charge < -0.3 is 5.32 Å². The Kier molecular flexibility index (Phi) is 6.07. The Morgan fingerprint density at radius 3 is 2.46 bits per heavy atom. The van der Waals surface area contributed by atoms with Crippen molar-refractivity contribution in [1.29, 1.82) is 0 Å². The Labute approximate surface area is 155 Å². The van der Waals surface area contributed by atoms with E-state index in [-0.39, 0.29) is 17.7 Å². The molecule has 1 N–H and O–H groups in total. The maximum atomic E-state index is 12.3. The smallest absolute Gasteiger partial charge is 0.261 e. The fourth-order valence-corrected chi connectivity index (χ4v) is 4.16. The van der Waals surface area contributed by atoms with Crippen molar-refractivity contribution in [3.05, 3.63) is 35.4 Å². The number of nitrogens with one attached hydrogen (secondary N) is 1.